The molecule has 0 radical (unpaired) electrons. The predicted molar refractivity (Wildman–Crippen MR) is 60.2 cm³/mol. The van der Waals surface area contributed by atoms with Crippen LogP contribution >= 0.6 is 11.6 Å². The van der Waals surface area contributed by atoms with Crippen molar-refractivity contribution >= 4 is 11.6 Å². The highest BCUT2D eigenvalue weighted by atomic mass is 35.5. The molecular weight excluding hydrogens is 212 g/mol. The zero-order valence-electron chi connectivity index (χ0n) is 7.81. The van der Waals surface area contributed by atoms with Gasteiger partial charge in [0, 0.05) is 5.56 Å². The van der Waals surface area contributed by atoms with E-state index in [2.05, 4.69) is 0 Å². The molecule has 76 valence electrons. The maximum atomic E-state index is 9.33. The second-order valence-corrected chi connectivity index (χ2v) is 3.62. The Kier molecular flexibility index (Phi) is 2.52. The molecular formula is C12H9ClO2. The molecule has 2 aromatic rings. The van der Waals surface area contributed by atoms with E-state index in [1.165, 1.54) is 6.07 Å². The first-order chi connectivity index (χ1) is 7.16. The van der Waals surface area contributed by atoms with Crippen molar-refractivity contribution in [2.75, 3.05) is 0 Å². The summed E-state index contributed by atoms with van der Waals surface area (Å²) in [6.07, 6.45) is 0. The third-order valence-electron chi connectivity index (χ3n) is 2.11. The molecule has 0 fully saturated rings. The fourth-order valence-corrected chi connectivity index (χ4v) is 1.70. The van der Waals surface area contributed by atoms with E-state index < -0.39 is 0 Å². The standard InChI is InChI=1S/C12H9ClO2/c13-12-7-10(15)4-5-11(12)8-2-1-3-9(14)6-8/h1-7,14-15H. The molecule has 0 aliphatic carbocycles. The van der Waals surface area contributed by atoms with E-state index in [0.717, 1.165) is 11.1 Å². The molecule has 0 unspecified atom stereocenters. The largest absolute Gasteiger partial charge is 0.508 e. The normalized spacial score (nSPS) is 10.2. The van der Waals surface area contributed by atoms with Crippen molar-refractivity contribution in [1.82, 2.24) is 0 Å². The Morgan fingerprint density at radius 3 is 2.27 bits per heavy atom. The number of halogens is 1. The van der Waals surface area contributed by atoms with E-state index in [0.29, 0.717) is 5.02 Å². The molecule has 0 spiro atoms. The Labute approximate surface area is 92.4 Å². The number of benzene rings is 2. The molecule has 0 amide bonds. The van der Waals surface area contributed by atoms with E-state index in [1.807, 2.05) is 6.07 Å². The van der Waals surface area contributed by atoms with E-state index in [4.69, 9.17) is 11.6 Å². The van der Waals surface area contributed by atoms with Crippen LogP contribution in [0.1, 0.15) is 0 Å². The van der Waals surface area contributed by atoms with Gasteiger partial charge in [0.05, 0.1) is 5.02 Å². The van der Waals surface area contributed by atoms with E-state index >= 15 is 0 Å². The first-order valence-corrected chi connectivity index (χ1v) is 4.82. The summed E-state index contributed by atoms with van der Waals surface area (Å²) < 4.78 is 0. The minimum absolute atomic E-state index is 0.129. The molecule has 0 aromatic heterocycles. The van der Waals surface area contributed by atoms with Crippen LogP contribution in [0, 0.1) is 0 Å². The lowest BCUT2D eigenvalue weighted by Gasteiger charge is -2.05. The summed E-state index contributed by atoms with van der Waals surface area (Å²) in [6.45, 7) is 0. The van der Waals surface area contributed by atoms with Crippen LogP contribution in [-0.4, -0.2) is 10.2 Å². The van der Waals surface area contributed by atoms with Crippen molar-refractivity contribution in [3.63, 3.8) is 0 Å². The number of hydrogen-bond donors (Lipinski definition) is 2. The minimum atomic E-state index is 0.129. The quantitative estimate of drug-likeness (QED) is 0.773. The summed E-state index contributed by atoms with van der Waals surface area (Å²) >= 11 is 5.97. The fourth-order valence-electron chi connectivity index (χ4n) is 1.41. The second kappa shape index (κ2) is 3.83. The third-order valence-corrected chi connectivity index (χ3v) is 2.42. The van der Waals surface area contributed by atoms with Crippen LogP contribution in [0.15, 0.2) is 42.5 Å². The molecule has 2 nitrogen and oxygen atoms in total. The Balaban J connectivity index is 2.54. The van der Waals surface area contributed by atoms with Crippen molar-refractivity contribution in [2.45, 2.75) is 0 Å². The van der Waals surface area contributed by atoms with Crippen LogP contribution in [0.4, 0.5) is 0 Å². The van der Waals surface area contributed by atoms with Gasteiger partial charge in [0.2, 0.25) is 0 Å². The Morgan fingerprint density at radius 2 is 1.60 bits per heavy atom. The molecule has 0 bridgehead atoms. The zero-order chi connectivity index (χ0) is 10.8. The van der Waals surface area contributed by atoms with Gasteiger partial charge in [0.15, 0.2) is 0 Å². The number of rotatable bonds is 1. The van der Waals surface area contributed by atoms with Gasteiger partial charge in [-0.2, -0.15) is 0 Å². The molecule has 3 heteroatoms. The van der Waals surface area contributed by atoms with Crippen LogP contribution in [0.5, 0.6) is 11.5 Å². The molecule has 0 aliphatic heterocycles. The minimum Gasteiger partial charge on any atom is -0.508 e. The average Bonchev–Trinajstić information content (AvgIpc) is 2.17. The highest BCUT2D eigenvalue weighted by Gasteiger charge is 2.04. The molecule has 15 heavy (non-hydrogen) atoms. The van der Waals surface area contributed by atoms with Crippen molar-refractivity contribution in [2.24, 2.45) is 0 Å². The van der Waals surface area contributed by atoms with Gasteiger partial charge in [-0.15, -0.1) is 0 Å². The van der Waals surface area contributed by atoms with E-state index in [1.54, 1.807) is 30.3 Å². The molecule has 0 heterocycles. The first-order valence-electron chi connectivity index (χ1n) is 4.45. The number of hydrogen-bond acceptors (Lipinski definition) is 2. The zero-order valence-corrected chi connectivity index (χ0v) is 8.57. The summed E-state index contributed by atoms with van der Waals surface area (Å²) in [7, 11) is 0. The highest BCUT2D eigenvalue weighted by molar-refractivity contribution is 6.33. The lowest BCUT2D eigenvalue weighted by atomic mass is 10.1. The fraction of sp³-hybridized carbons (Fsp3) is 0. The molecule has 0 saturated carbocycles. The molecule has 0 aliphatic rings. The summed E-state index contributed by atoms with van der Waals surface area (Å²) in [5.74, 6) is 0.320. The van der Waals surface area contributed by atoms with Gasteiger partial charge in [-0.05, 0) is 35.9 Å². The predicted octanol–water partition coefficient (Wildman–Crippen LogP) is 3.42. The van der Waals surface area contributed by atoms with Gasteiger partial charge in [0.1, 0.15) is 11.5 Å². The number of phenols is 2. The topological polar surface area (TPSA) is 40.5 Å². The average molecular weight is 221 g/mol. The van der Waals surface area contributed by atoms with Crippen LogP contribution in [-0.2, 0) is 0 Å². The van der Waals surface area contributed by atoms with Crippen LogP contribution in [0.25, 0.3) is 11.1 Å². The van der Waals surface area contributed by atoms with Gasteiger partial charge >= 0.3 is 0 Å². The van der Waals surface area contributed by atoms with Crippen molar-refractivity contribution in [3.05, 3.63) is 47.5 Å². The number of phenolic OH excluding ortho intramolecular Hbond substituents is 2. The Morgan fingerprint density at radius 1 is 0.867 bits per heavy atom. The van der Waals surface area contributed by atoms with Crippen LogP contribution in [0.3, 0.4) is 0 Å². The van der Waals surface area contributed by atoms with Gasteiger partial charge in [0.25, 0.3) is 0 Å². The lowest BCUT2D eigenvalue weighted by molar-refractivity contribution is 0.475. The van der Waals surface area contributed by atoms with E-state index in [9.17, 15) is 10.2 Å². The Hall–Kier alpha value is -1.67. The molecule has 2 rings (SSSR count). The molecule has 2 aromatic carbocycles. The molecule has 0 atom stereocenters. The number of aromatic hydroxyl groups is 2. The van der Waals surface area contributed by atoms with Crippen molar-refractivity contribution in [1.29, 1.82) is 0 Å². The third kappa shape index (κ3) is 2.05. The second-order valence-electron chi connectivity index (χ2n) is 3.21. The lowest BCUT2D eigenvalue weighted by Crippen LogP contribution is -1.79. The summed E-state index contributed by atoms with van der Waals surface area (Å²) in [6, 6.07) is 11.6. The summed E-state index contributed by atoms with van der Waals surface area (Å²) in [5.41, 5.74) is 1.60. The van der Waals surface area contributed by atoms with Crippen molar-refractivity contribution < 1.29 is 10.2 Å². The van der Waals surface area contributed by atoms with Gasteiger partial charge < -0.3 is 10.2 Å². The highest BCUT2D eigenvalue weighted by Crippen LogP contribution is 2.31. The monoisotopic (exact) mass is 220 g/mol. The summed E-state index contributed by atoms with van der Waals surface area (Å²) in [5, 5.41) is 19.0. The van der Waals surface area contributed by atoms with Crippen LogP contribution < -0.4 is 0 Å². The SMILES string of the molecule is Oc1cccc(-c2ccc(O)cc2Cl)c1. The smallest absolute Gasteiger partial charge is 0.117 e. The first kappa shape index (κ1) is 9.87. The summed E-state index contributed by atoms with van der Waals surface area (Å²) in [4.78, 5) is 0. The van der Waals surface area contributed by atoms with Crippen molar-refractivity contribution in [3.8, 4) is 22.6 Å². The van der Waals surface area contributed by atoms with Gasteiger partial charge in [-0.25, -0.2) is 0 Å². The van der Waals surface area contributed by atoms with Gasteiger partial charge in [-0.3, -0.25) is 0 Å². The molecule has 2 N–H and O–H groups in total. The van der Waals surface area contributed by atoms with Crippen LogP contribution in [0.2, 0.25) is 5.02 Å². The van der Waals surface area contributed by atoms with Gasteiger partial charge in [-0.1, -0.05) is 23.7 Å². The Bertz CT molecular complexity index is 495. The van der Waals surface area contributed by atoms with E-state index in [-0.39, 0.29) is 11.5 Å². The molecule has 0 saturated heterocycles. The maximum Gasteiger partial charge on any atom is 0.117 e. The maximum absolute atomic E-state index is 9.33.